The Morgan fingerprint density at radius 1 is 1.32 bits per heavy atom. The number of carbonyl (C=O) groups is 2. The van der Waals surface area contributed by atoms with Gasteiger partial charge in [0.1, 0.15) is 5.75 Å². The molecule has 1 aliphatic rings. The summed E-state index contributed by atoms with van der Waals surface area (Å²) in [6.45, 7) is 5.09. The molecular formula is C17H21F3N2O3. The van der Waals surface area contributed by atoms with E-state index in [2.05, 4.69) is 10.1 Å². The predicted octanol–water partition coefficient (Wildman–Crippen LogP) is 2.71. The molecule has 1 aromatic rings. The number of nitrogens with one attached hydrogen (secondary N) is 1. The Morgan fingerprint density at radius 2 is 1.96 bits per heavy atom. The summed E-state index contributed by atoms with van der Waals surface area (Å²) in [6.07, 6.45) is -4.58. The van der Waals surface area contributed by atoms with Gasteiger partial charge in [-0.05, 0) is 23.6 Å². The van der Waals surface area contributed by atoms with Crippen LogP contribution in [0.15, 0.2) is 24.3 Å². The van der Waals surface area contributed by atoms with Crippen molar-refractivity contribution in [1.82, 2.24) is 10.2 Å². The largest absolute Gasteiger partial charge is 0.573 e. The minimum absolute atomic E-state index is 0.139. The van der Waals surface area contributed by atoms with E-state index >= 15 is 0 Å². The van der Waals surface area contributed by atoms with Crippen LogP contribution >= 0.6 is 0 Å². The van der Waals surface area contributed by atoms with Crippen LogP contribution in [0.25, 0.3) is 0 Å². The summed E-state index contributed by atoms with van der Waals surface area (Å²) in [5.74, 6) is -0.651. The van der Waals surface area contributed by atoms with Gasteiger partial charge in [-0.25, -0.2) is 0 Å². The Balaban J connectivity index is 1.90. The molecule has 138 valence electrons. The van der Waals surface area contributed by atoms with Gasteiger partial charge >= 0.3 is 6.36 Å². The van der Waals surface area contributed by atoms with E-state index in [-0.39, 0.29) is 36.4 Å². The van der Waals surface area contributed by atoms with Crippen LogP contribution in [0.5, 0.6) is 5.75 Å². The second-order valence-corrected chi connectivity index (χ2v) is 6.51. The first-order chi connectivity index (χ1) is 11.6. The monoisotopic (exact) mass is 358 g/mol. The second kappa shape index (κ2) is 7.76. The molecule has 1 atom stereocenters. The number of rotatable bonds is 6. The smallest absolute Gasteiger partial charge is 0.406 e. The van der Waals surface area contributed by atoms with Crippen molar-refractivity contribution < 1.29 is 27.5 Å². The van der Waals surface area contributed by atoms with E-state index in [9.17, 15) is 22.8 Å². The number of alkyl halides is 3. The van der Waals surface area contributed by atoms with Gasteiger partial charge in [0.05, 0.1) is 5.92 Å². The van der Waals surface area contributed by atoms with E-state index in [1.165, 1.54) is 24.3 Å². The zero-order chi connectivity index (χ0) is 18.6. The van der Waals surface area contributed by atoms with E-state index in [1.807, 2.05) is 13.8 Å². The van der Waals surface area contributed by atoms with Crippen LogP contribution in [0, 0.1) is 11.8 Å². The summed E-state index contributed by atoms with van der Waals surface area (Å²) in [5, 5.41) is 2.82. The number of hydrogen-bond donors (Lipinski definition) is 1. The standard InChI is InChI=1S/C17H21F3N2O3/c1-11(2)8-21-16(24)13-7-15(23)22(10-13)9-12-3-5-14(6-4-12)25-17(18,19)20/h3-6,11,13H,7-10H2,1-2H3,(H,21,24)/t13-/m0/s1. The molecule has 8 heteroatoms. The lowest BCUT2D eigenvalue weighted by molar-refractivity contribution is -0.274. The van der Waals surface area contributed by atoms with Crippen LogP contribution in [0.4, 0.5) is 13.2 Å². The molecule has 1 saturated heterocycles. The fourth-order valence-corrected chi connectivity index (χ4v) is 2.57. The molecule has 1 fully saturated rings. The average Bonchev–Trinajstić information content (AvgIpc) is 2.86. The zero-order valence-electron chi connectivity index (χ0n) is 14.1. The van der Waals surface area contributed by atoms with E-state index in [0.717, 1.165) is 0 Å². The molecule has 1 aromatic carbocycles. The Labute approximate surface area is 144 Å². The molecule has 1 N–H and O–H groups in total. The van der Waals surface area contributed by atoms with Gasteiger partial charge < -0.3 is 15.0 Å². The van der Waals surface area contributed by atoms with Gasteiger partial charge in [-0.2, -0.15) is 0 Å². The minimum atomic E-state index is -4.73. The number of amides is 2. The van der Waals surface area contributed by atoms with Crippen LogP contribution in [0.3, 0.4) is 0 Å². The van der Waals surface area contributed by atoms with Crippen molar-refractivity contribution in [3.05, 3.63) is 29.8 Å². The number of benzene rings is 1. The highest BCUT2D eigenvalue weighted by Gasteiger charge is 2.34. The molecular weight excluding hydrogens is 337 g/mol. The molecule has 0 aliphatic carbocycles. The van der Waals surface area contributed by atoms with Crippen molar-refractivity contribution in [3.63, 3.8) is 0 Å². The Bertz CT molecular complexity index is 615. The highest BCUT2D eigenvalue weighted by Crippen LogP contribution is 2.24. The average molecular weight is 358 g/mol. The summed E-state index contributed by atoms with van der Waals surface area (Å²) in [5.41, 5.74) is 0.672. The Hall–Kier alpha value is -2.25. The minimum Gasteiger partial charge on any atom is -0.406 e. The van der Waals surface area contributed by atoms with Crippen LogP contribution in [-0.4, -0.2) is 36.2 Å². The van der Waals surface area contributed by atoms with Crippen molar-refractivity contribution >= 4 is 11.8 Å². The van der Waals surface area contributed by atoms with Gasteiger partial charge in [0.15, 0.2) is 0 Å². The molecule has 0 saturated carbocycles. The lowest BCUT2D eigenvalue weighted by atomic mass is 10.1. The number of halogens is 3. The summed E-state index contributed by atoms with van der Waals surface area (Å²) < 4.78 is 40.2. The SMILES string of the molecule is CC(C)CNC(=O)[C@H]1CC(=O)N(Cc2ccc(OC(F)(F)F)cc2)C1. The quantitative estimate of drug-likeness (QED) is 0.851. The number of hydrogen-bond acceptors (Lipinski definition) is 3. The Morgan fingerprint density at radius 3 is 2.52 bits per heavy atom. The molecule has 0 spiro atoms. The van der Waals surface area contributed by atoms with Gasteiger partial charge in [0.25, 0.3) is 0 Å². The van der Waals surface area contributed by atoms with Crippen molar-refractivity contribution in [2.45, 2.75) is 33.2 Å². The van der Waals surface area contributed by atoms with Crippen LogP contribution in [0.1, 0.15) is 25.8 Å². The number of carbonyl (C=O) groups excluding carboxylic acids is 2. The molecule has 2 rings (SSSR count). The first-order valence-electron chi connectivity index (χ1n) is 8.04. The van der Waals surface area contributed by atoms with E-state index in [4.69, 9.17) is 0 Å². The van der Waals surface area contributed by atoms with Crippen molar-refractivity contribution in [2.24, 2.45) is 11.8 Å². The summed E-state index contributed by atoms with van der Waals surface area (Å²) in [6, 6.07) is 5.35. The summed E-state index contributed by atoms with van der Waals surface area (Å²) in [7, 11) is 0. The van der Waals surface area contributed by atoms with Gasteiger partial charge in [0.2, 0.25) is 11.8 Å². The Kier molecular flexibility index (Phi) is 5.92. The van der Waals surface area contributed by atoms with E-state index in [0.29, 0.717) is 24.6 Å². The van der Waals surface area contributed by atoms with Gasteiger partial charge in [-0.15, -0.1) is 13.2 Å². The van der Waals surface area contributed by atoms with Crippen molar-refractivity contribution in [2.75, 3.05) is 13.1 Å². The molecule has 1 heterocycles. The number of ether oxygens (including phenoxy) is 1. The molecule has 2 amide bonds. The third-order valence-electron chi connectivity index (χ3n) is 3.80. The molecule has 25 heavy (non-hydrogen) atoms. The molecule has 0 aromatic heterocycles. The number of nitrogens with zero attached hydrogens (tertiary/aromatic N) is 1. The highest BCUT2D eigenvalue weighted by atomic mass is 19.4. The first kappa shape index (κ1) is 19.1. The molecule has 0 radical (unpaired) electrons. The third kappa shape index (κ3) is 5.95. The second-order valence-electron chi connectivity index (χ2n) is 6.51. The van der Waals surface area contributed by atoms with Crippen LogP contribution in [-0.2, 0) is 16.1 Å². The lowest BCUT2D eigenvalue weighted by Gasteiger charge is -2.17. The fourth-order valence-electron chi connectivity index (χ4n) is 2.57. The topological polar surface area (TPSA) is 58.6 Å². The molecule has 0 bridgehead atoms. The van der Waals surface area contributed by atoms with Crippen LogP contribution < -0.4 is 10.1 Å². The summed E-state index contributed by atoms with van der Waals surface area (Å²) >= 11 is 0. The van der Waals surface area contributed by atoms with Gasteiger partial charge in [-0.3, -0.25) is 9.59 Å². The maximum Gasteiger partial charge on any atom is 0.573 e. The summed E-state index contributed by atoms with van der Waals surface area (Å²) in [4.78, 5) is 25.7. The van der Waals surface area contributed by atoms with Crippen molar-refractivity contribution in [3.8, 4) is 5.75 Å². The van der Waals surface area contributed by atoms with Crippen molar-refractivity contribution in [1.29, 1.82) is 0 Å². The van der Waals surface area contributed by atoms with E-state index < -0.39 is 6.36 Å². The number of likely N-dealkylation sites (tertiary alicyclic amines) is 1. The zero-order valence-corrected chi connectivity index (χ0v) is 14.1. The highest BCUT2D eigenvalue weighted by molar-refractivity contribution is 5.89. The maximum atomic E-state index is 12.1. The van der Waals surface area contributed by atoms with Gasteiger partial charge in [-0.1, -0.05) is 26.0 Å². The van der Waals surface area contributed by atoms with Gasteiger partial charge in [0, 0.05) is 26.1 Å². The molecule has 0 unspecified atom stereocenters. The maximum absolute atomic E-state index is 12.1. The van der Waals surface area contributed by atoms with Crippen LogP contribution in [0.2, 0.25) is 0 Å². The third-order valence-corrected chi connectivity index (χ3v) is 3.80. The predicted molar refractivity (Wildman–Crippen MR) is 84.5 cm³/mol. The fraction of sp³-hybridized carbons (Fsp3) is 0.529. The molecule has 5 nitrogen and oxygen atoms in total. The van der Waals surface area contributed by atoms with E-state index in [1.54, 1.807) is 4.90 Å². The first-order valence-corrected chi connectivity index (χ1v) is 8.04. The molecule has 1 aliphatic heterocycles. The normalized spacial score (nSPS) is 17.9. The lowest BCUT2D eigenvalue weighted by Crippen LogP contribution is -2.34.